The lowest BCUT2D eigenvalue weighted by atomic mass is 10.1. The third kappa shape index (κ3) is 2.92. The Balaban J connectivity index is 2.06. The molecule has 3 rings (SSSR count). The van der Waals surface area contributed by atoms with E-state index in [1.54, 1.807) is 4.57 Å². The molecule has 2 aromatic heterocycles. The summed E-state index contributed by atoms with van der Waals surface area (Å²) in [5.74, 6) is 0.785. The summed E-state index contributed by atoms with van der Waals surface area (Å²) in [6.07, 6.45) is 5.46. The second-order valence-electron chi connectivity index (χ2n) is 5.25. The maximum Gasteiger partial charge on any atom is 0.282 e. The van der Waals surface area contributed by atoms with Gasteiger partial charge in [0, 0.05) is 18.0 Å². The van der Waals surface area contributed by atoms with E-state index in [1.807, 2.05) is 31.2 Å². The van der Waals surface area contributed by atoms with Crippen LogP contribution < -0.4 is 10.3 Å². The first-order valence-electron chi connectivity index (χ1n) is 7.62. The first-order valence-corrected chi connectivity index (χ1v) is 7.62. The van der Waals surface area contributed by atoms with Crippen LogP contribution >= 0.6 is 0 Å². The number of hydrogen-bond acceptors (Lipinski definition) is 5. The molecule has 118 valence electrons. The maximum absolute atomic E-state index is 12.6. The van der Waals surface area contributed by atoms with Crippen LogP contribution in [0.1, 0.15) is 31.9 Å². The van der Waals surface area contributed by atoms with Gasteiger partial charge in [-0.05, 0) is 19.4 Å². The average Bonchev–Trinajstić information content (AvgIpc) is 2.60. The van der Waals surface area contributed by atoms with E-state index in [9.17, 15) is 4.79 Å². The zero-order valence-electron chi connectivity index (χ0n) is 13.1. The smallest absolute Gasteiger partial charge is 0.282 e. The van der Waals surface area contributed by atoms with Crippen molar-refractivity contribution in [3.63, 3.8) is 0 Å². The standard InChI is InChI=1S/C17H18N4O2/c1-3-10-23-14-7-5-4-6-13(14)12(2)21-11-20-16-15(17(21)22)18-8-9-19-16/h4-9,11-12H,3,10H2,1-2H3/t12-/m1/s1. The van der Waals surface area contributed by atoms with Crippen LogP contribution in [0, 0.1) is 0 Å². The predicted octanol–water partition coefficient (Wildman–Crippen LogP) is 2.58. The van der Waals surface area contributed by atoms with E-state index in [2.05, 4.69) is 21.9 Å². The molecule has 23 heavy (non-hydrogen) atoms. The summed E-state index contributed by atoms with van der Waals surface area (Å²) in [4.78, 5) is 25.0. The number of benzene rings is 1. The Hall–Kier alpha value is -2.76. The first-order chi connectivity index (χ1) is 11.2. The minimum atomic E-state index is -0.213. The molecule has 0 aliphatic heterocycles. The van der Waals surface area contributed by atoms with Crippen LogP contribution in [-0.2, 0) is 0 Å². The molecule has 1 atom stereocenters. The van der Waals surface area contributed by atoms with Gasteiger partial charge in [0.2, 0.25) is 0 Å². The quantitative estimate of drug-likeness (QED) is 0.724. The fraction of sp³-hybridized carbons (Fsp3) is 0.294. The number of para-hydroxylation sites is 1. The van der Waals surface area contributed by atoms with E-state index in [0.717, 1.165) is 17.7 Å². The average molecular weight is 310 g/mol. The van der Waals surface area contributed by atoms with Crippen molar-refractivity contribution < 1.29 is 4.74 Å². The minimum absolute atomic E-state index is 0.208. The van der Waals surface area contributed by atoms with Crippen LogP contribution in [0.5, 0.6) is 5.75 Å². The SMILES string of the molecule is CCCOc1ccccc1[C@@H](C)n1cnc2nccnc2c1=O. The monoisotopic (exact) mass is 310 g/mol. The molecule has 0 aliphatic carbocycles. The molecule has 0 spiro atoms. The lowest BCUT2D eigenvalue weighted by Gasteiger charge is -2.18. The van der Waals surface area contributed by atoms with Crippen LogP contribution in [0.15, 0.2) is 47.8 Å². The van der Waals surface area contributed by atoms with Gasteiger partial charge in [-0.1, -0.05) is 25.1 Å². The van der Waals surface area contributed by atoms with Crippen molar-refractivity contribution in [1.82, 2.24) is 19.5 Å². The van der Waals surface area contributed by atoms with E-state index in [4.69, 9.17) is 4.74 Å². The molecule has 6 nitrogen and oxygen atoms in total. The topological polar surface area (TPSA) is 69.9 Å². The Bertz CT molecular complexity index is 876. The molecule has 0 bridgehead atoms. The van der Waals surface area contributed by atoms with E-state index in [1.165, 1.54) is 18.7 Å². The summed E-state index contributed by atoms with van der Waals surface area (Å²) < 4.78 is 7.35. The van der Waals surface area contributed by atoms with Gasteiger partial charge in [-0.2, -0.15) is 0 Å². The highest BCUT2D eigenvalue weighted by molar-refractivity contribution is 5.67. The third-order valence-electron chi connectivity index (χ3n) is 3.67. The third-order valence-corrected chi connectivity index (χ3v) is 3.67. The van der Waals surface area contributed by atoms with Crippen LogP contribution in [0.3, 0.4) is 0 Å². The molecule has 0 saturated heterocycles. The summed E-state index contributed by atoms with van der Waals surface area (Å²) in [7, 11) is 0. The molecule has 3 aromatic rings. The second kappa shape index (κ2) is 6.56. The van der Waals surface area contributed by atoms with Gasteiger partial charge in [-0.15, -0.1) is 0 Å². The molecule has 1 aromatic carbocycles. The number of nitrogens with zero attached hydrogens (tertiary/aromatic N) is 4. The number of rotatable bonds is 5. The van der Waals surface area contributed by atoms with Crippen LogP contribution in [-0.4, -0.2) is 26.1 Å². The fourth-order valence-corrected chi connectivity index (χ4v) is 2.46. The van der Waals surface area contributed by atoms with E-state index < -0.39 is 0 Å². The van der Waals surface area contributed by atoms with E-state index >= 15 is 0 Å². The summed E-state index contributed by atoms with van der Waals surface area (Å²) in [6.45, 7) is 4.64. The van der Waals surface area contributed by atoms with Crippen molar-refractivity contribution in [3.8, 4) is 5.75 Å². The molecular weight excluding hydrogens is 292 g/mol. The van der Waals surface area contributed by atoms with Crippen molar-refractivity contribution in [1.29, 1.82) is 0 Å². The van der Waals surface area contributed by atoms with Gasteiger partial charge in [-0.3, -0.25) is 9.36 Å². The van der Waals surface area contributed by atoms with Crippen molar-refractivity contribution in [2.24, 2.45) is 0 Å². The number of ether oxygens (including phenoxy) is 1. The molecule has 0 fully saturated rings. The Labute approximate surface area is 133 Å². The Morgan fingerprint density at radius 1 is 1.17 bits per heavy atom. The van der Waals surface area contributed by atoms with Gasteiger partial charge < -0.3 is 4.74 Å². The highest BCUT2D eigenvalue weighted by Gasteiger charge is 2.16. The zero-order valence-corrected chi connectivity index (χ0v) is 13.1. The maximum atomic E-state index is 12.6. The minimum Gasteiger partial charge on any atom is -0.493 e. The van der Waals surface area contributed by atoms with Crippen LogP contribution in [0.4, 0.5) is 0 Å². The highest BCUT2D eigenvalue weighted by atomic mass is 16.5. The lowest BCUT2D eigenvalue weighted by molar-refractivity contribution is 0.311. The van der Waals surface area contributed by atoms with E-state index in [-0.39, 0.29) is 17.1 Å². The zero-order chi connectivity index (χ0) is 16.2. The Morgan fingerprint density at radius 2 is 1.96 bits per heavy atom. The van der Waals surface area contributed by atoms with Crippen molar-refractivity contribution in [3.05, 3.63) is 58.9 Å². The summed E-state index contributed by atoms with van der Waals surface area (Å²) in [5.41, 5.74) is 1.36. The molecular formula is C17H18N4O2. The largest absolute Gasteiger partial charge is 0.493 e. The molecule has 0 amide bonds. The Morgan fingerprint density at radius 3 is 2.78 bits per heavy atom. The van der Waals surface area contributed by atoms with E-state index in [0.29, 0.717) is 12.3 Å². The highest BCUT2D eigenvalue weighted by Crippen LogP contribution is 2.27. The molecule has 0 unspecified atom stereocenters. The van der Waals surface area contributed by atoms with Crippen molar-refractivity contribution >= 4 is 11.2 Å². The summed E-state index contributed by atoms with van der Waals surface area (Å²) in [5, 5.41) is 0. The molecule has 6 heteroatoms. The van der Waals surface area contributed by atoms with Gasteiger partial charge in [0.15, 0.2) is 11.2 Å². The molecule has 0 radical (unpaired) electrons. The van der Waals surface area contributed by atoms with Gasteiger partial charge >= 0.3 is 0 Å². The van der Waals surface area contributed by atoms with Crippen LogP contribution in [0.25, 0.3) is 11.2 Å². The van der Waals surface area contributed by atoms with Crippen molar-refractivity contribution in [2.75, 3.05) is 6.61 Å². The second-order valence-corrected chi connectivity index (χ2v) is 5.25. The number of aromatic nitrogens is 4. The summed E-state index contributed by atoms with van der Waals surface area (Å²) >= 11 is 0. The van der Waals surface area contributed by atoms with Gasteiger partial charge in [-0.25, -0.2) is 15.0 Å². The fourth-order valence-electron chi connectivity index (χ4n) is 2.46. The molecule has 0 aliphatic rings. The normalized spacial score (nSPS) is 12.3. The van der Waals surface area contributed by atoms with Crippen molar-refractivity contribution in [2.45, 2.75) is 26.3 Å². The van der Waals surface area contributed by atoms with Gasteiger partial charge in [0.1, 0.15) is 12.1 Å². The Kier molecular flexibility index (Phi) is 4.32. The number of fused-ring (bicyclic) bond motifs is 1. The molecule has 0 saturated carbocycles. The number of hydrogen-bond donors (Lipinski definition) is 0. The van der Waals surface area contributed by atoms with Crippen LogP contribution in [0.2, 0.25) is 0 Å². The lowest BCUT2D eigenvalue weighted by Crippen LogP contribution is -2.25. The molecule has 2 heterocycles. The molecule has 0 N–H and O–H groups in total. The van der Waals surface area contributed by atoms with Gasteiger partial charge in [0.05, 0.1) is 12.6 Å². The summed E-state index contributed by atoms with van der Waals surface area (Å²) in [6, 6.07) is 7.52. The predicted molar refractivity (Wildman–Crippen MR) is 87.6 cm³/mol. The first kappa shape index (κ1) is 15.1. The van der Waals surface area contributed by atoms with Gasteiger partial charge in [0.25, 0.3) is 5.56 Å².